The molecule has 0 fully saturated rings. The Morgan fingerprint density at radius 3 is 2.75 bits per heavy atom. The topological polar surface area (TPSA) is 37.4 Å². The highest BCUT2D eigenvalue weighted by atomic mass is 32.1. The van der Waals surface area contributed by atoms with E-state index in [1.54, 1.807) is 7.11 Å². The van der Waals surface area contributed by atoms with Crippen molar-refractivity contribution in [3.8, 4) is 0 Å². The number of thiazole rings is 1. The molecule has 0 bridgehead atoms. The van der Waals surface area contributed by atoms with Crippen LogP contribution in [0, 0.1) is 0 Å². The minimum atomic E-state index is 0.509. The maximum atomic E-state index is 5.11. The van der Waals surface area contributed by atoms with Gasteiger partial charge in [0, 0.05) is 44.8 Å². The highest BCUT2D eigenvalue weighted by Gasteiger charge is 2.13. The van der Waals surface area contributed by atoms with Crippen molar-refractivity contribution in [1.82, 2.24) is 10.3 Å². The molecule has 4 nitrogen and oxygen atoms in total. The van der Waals surface area contributed by atoms with Gasteiger partial charge in [0.15, 0.2) is 5.13 Å². The average molecular weight is 299 g/mol. The van der Waals surface area contributed by atoms with Crippen molar-refractivity contribution in [3.63, 3.8) is 0 Å². The van der Waals surface area contributed by atoms with Crippen LogP contribution in [0.4, 0.5) is 5.13 Å². The maximum absolute atomic E-state index is 5.11. The van der Waals surface area contributed by atoms with Crippen molar-refractivity contribution >= 4 is 16.5 Å². The first-order valence-corrected chi connectivity index (χ1v) is 8.32. The summed E-state index contributed by atoms with van der Waals surface area (Å²) < 4.78 is 5.11. The fraction of sp³-hybridized carbons (Fsp3) is 0.800. The van der Waals surface area contributed by atoms with Gasteiger partial charge in [-0.25, -0.2) is 4.98 Å². The molecule has 0 amide bonds. The third-order valence-corrected chi connectivity index (χ3v) is 4.31. The summed E-state index contributed by atoms with van der Waals surface area (Å²) in [5.41, 5.74) is 1.26. The van der Waals surface area contributed by atoms with E-state index in [1.807, 2.05) is 11.3 Å². The first kappa shape index (κ1) is 17.4. The molecule has 0 aliphatic heterocycles. The third-order valence-electron chi connectivity index (χ3n) is 3.09. The molecule has 1 rings (SSSR count). The van der Waals surface area contributed by atoms with E-state index in [0.717, 1.165) is 44.1 Å². The number of nitrogens with one attached hydrogen (secondary N) is 1. The molecule has 0 saturated heterocycles. The van der Waals surface area contributed by atoms with Crippen molar-refractivity contribution in [3.05, 3.63) is 10.6 Å². The van der Waals surface area contributed by atoms with Gasteiger partial charge >= 0.3 is 0 Å². The molecule has 0 radical (unpaired) electrons. The minimum absolute atomic E-state index is 0.509. The molecule has 0 spiro atoms. The van der Waals surface area contributed by atoms with Crippen LogP contribution in [0.1, 0.15) is 44.2 Å². The van der Waals surface area contributed by atoms with Gasteiger partial charge in [-0.3, -0.25) is 0 Å². The minimum Gasteiger partial charge on any atom is -0.385 e. The Hall–Kier alpha value is -0.650. The Kier molecular flexibility index (Phi) is 8.11. The zero-order chi connectivity index (χ0) is 15.0. The molecule has 20 heavy (non-hydrogen) atoms. The van der Waals surface area contributed by atoms with Gasteiger partial charge in [0.1, 0.15) is 0 Å². The smallest absolute Gasteiger partial charge is 0.185 e. The number of nitrogens with zero attached hydrogens (tertiary/aromatic N) is 2. The van der Waals surface area contributed by atoms with Crippen LogP contribution in [0.15, 0.2) is 0 Å². The Morgan fingerprint density at radius 2 is 2.15 bits per heavy atom. The number of hydrogen-bond acceptors (Lipinski definition) is 5. The van der Waals surface area contributed by atoms with Crippen molar-refractivity contribution in [2.45, 2.75) is 52.6 Å². The zero-order valence-corrected chi connectivity index (χ0v) is 14.3. The van der Waals surface area contributed by atoms with E-state index in [-0.39, 0.29) is 0 Å². The van der Waals surface area contributed by atoms with Gasteiger partial charge in [-0.05, 0) is 12.8 Å². The summed E-state index contributed by atoms with van der Waals surface area (Å²) in [6.45, 7) is 9.29. The standard InChI is InChI=1S/C15H29N3OS/c1-6-8-13-14(11-16-12(2)3)20-15(17-13)18(4)9-7-10-19-5/h12,16H,6-11H2,1-5H3. The van der Waals surface area contributed by atoms with E-state index in [9.17, 15) is 0 Å². The predicted octanol–water partition coefficient (Wildman–Crippen LogP) is 3.07. The lowest BCUT2D eigenvalue weighted by Gasteiger charge is -2.14. The monoisotopic (exact) mass is 299 g/mol. The largest absolute Gasteiger partial charge is 0.385 e. The number of methoxy groups -OCH3 is 1. The third kappa shape index (κ3) is 5.77. The fourth-order valence-corrected chi connectivity index (χ4v) is 2.99. The van der Waals surface area contributed by atoms with Crippen LogP contribution in [-0.2, 0) is 17.7 Å². The highest BCUT2D eigenvalue weighted by Crippen LogP contribution is 2.26. The summed E-state index contributed by atoms with van der Waals surface area (Å²) in [7, 11) is 3.86. The summed E-state index contributed by atoms with van der Waals surface area (Å²) in [5, 5.41) is 4.63. The molecule has 0 aliphatic carbocycles. The van der Waals surface area contributed by atoms with E-state index in [0.29, 0.717) is 6.04 Å². The zero-order valence-electron chi connectivity index (χ0n) is 13.5. The van der Waals surface area contributed by atoms with Crippen LogP contribution in [-0.4, -0.2) is 38.3 Å². The molecule has 116 valence electrons. The van der Waals surface area contributed by atoms with Crippen LogP contribution >= 0.6 is 11.3 Å². The molecule has 1 heterocycles. The molecular weight excluding hydrogens is 270 g/mol. The second-order valence-electron chi connectivity index (χ2n) is 5.42. The lowest BCUT2D eigenvalue weighted by molar-refractivity contribution is 0.196. The van der Waals surface area contributed by atoms with Gasteiger partial charge < -0.3 is 15.0 Å². The normalized spacial score (nSPS) is 11.3. The number of rotatable bonds is 10. The molecule has 0 unspecified atom stereocenters. The molecule has 0 aromatic carbocycles. The summed E-state index contributed by atoms with van der Waals surface area (Å²) in [6, 6.07) is 0.509. The Labute approximate surface area is 127 Å². The van der Waals surface area contributed by atoms with Crippen LogP contribution < -0.4 is 10.2 Å². The summed E-state index contributed by atoms with van der Waals surface area (Å²) in [5.74, 6) is 0. The quantitative estimate of drug-likeness (QED) is 0.674. The van der Waals surface area contributed by atoms with Crippen molar-refractivity contribution in [2.24, 2.45) is 0 Å². The maximum Gasteiger partial charge on any atom is 0.185 e. The molecule has 0 aliphatic rings. The predicted molar refractivity (Wildman–Crippen MR) is 87.8 cm³/mol. The van der Waals surface area contributed by atoms with Gasteiger partial charge in [0.25, 0.3) is 0 Å². The number of ether oxygens (including phenoxy) is 1. The fourth-order valence-electron chi connectivity index (χ4n) is 1.94. The van der Waals surface area contributed by atoms with Gasteiger partial charge in [-0.2, -0.15) is 0 Å². The average Bonchev–Trinajstić information content (AvgIpc) is 2.80. The number of aromatic nitrogens is 1. The van der Waals surface area contributed by atoms with E-state index >= 15 is 0 Å². The van der Waals surface area contributed by atoms with Gasteiger partial charge in [-0.1, -0.05) is 27.2 Å². The highest BCUT2D eigenvalue weighted by molar-refractivity contribution is 7.15. The van der Waals surface area contributed by atoms with Crippen LogP contribution in [0.2, 0.25) is 0 Å². The van der Waals surface area contributed by atoms with Gasteiger partial charge in [0.2, 0.25) is 0 Å². The number of aryl methyl sites for hydroxylation is 1. The van der Waals surface area contributed by atoms with E-state index in [4.69, 9.17) is 9.72 Å². The van der Waals surface area contributed by atoms with E-state index < -0.39 is 0 Å². The summed E-state index contributed by atoms with van der Waals surface area (Å²) in [6.07, 6.45) is 3.25. The van der Waals surface area contributed by atoms with Crippen molar-refractivity contribution < 1.29 is 4.74 Å². The molecule has 0 atom stereocenters. The lowest BCUT2D eigenvalue weighted by atomic mass is 10.2. The van der Waals surface area contributed by atoms with Crippen LogP contribution in [0.5, 0.6) is 0 Å². The second kappa shape index (κ2) is 9.32. The summed E-state index contributed by atoms with van der Waals surface area (Å²) >= 11 is 1.82. The molecular formula is C15H29N3OS. The lowest BCUT2D eigenvalue weighted by Crippen LogP contribution is -2.21. The van der Waals surface area contributed by atoms with Crippen molar-refractivity contribution in [2.75, 3.05) is 32.2 Å². The van der Waals surface area contributed by atoms with Gasteiger partial charge in [0.05, 0.1) is 5.69 Å². The van der Waals surface area contributed by atoms with Crippen LogP contribution in [0.3, 0.4) is 0 Å². The Balaban J connectivity index is 2.68. The molecule has 1 N–H and O–H groups in total. The molecule has 0 saturated carbocycles. The SMILES string of the molecule is CCCc1nc(N(C)CCCOC)sc1CNC(C)C. The molecule has 1 aromatic heterocycles. The Morgan fingerprint density at radius 1 is 1.40 bits per heavy atom. The first-order valence-electron chi connectivity index (χ1n) is 7.50. The first-order chi connectivity index (χ1) is 9.58. The van der Waals surface area contributed by atoms with E-state index in [2.05, 4.69) is 38.0 Å². The van der Waals surface area contributed by atoms with Crippen molar-refractivity contribution in [1.29, 1.82) is 0 Å². The number of hydrogen-bond donors (Lipinski definition) is 1. The molecule has 5 heteroatoms. The second-order valence-corrected chi connectivity index (χ2v) is 6.48. The number of anilines is 1. The Bertz CT molecular complexity index is 379. The van der Waals surface area contributed by atoms with Gasteiger partial charge in [-0.15, -0.1) is 11.3 Å². The van der Waals surface area contributed by atoms with E-state index in [1.165, 1.54) is 10.6 Å². The molecule has 1 aromatic rings. The summed E-state index contributed by atoms with van der Waals surface area (Å²) in [4.78, 5) is 8.44. The van der Waals surface area contributed by atoms with Crippen LogP contribution in [0.25, 0.3) is 0 Å².